The van der Waals surface area contributed by atoms with Crippen LogP contribution in [0.5, 0.6) is 0 Å². The maximum atomic E-state index is 12.7. The third-order valence-corrected chi connectivity index (χ3v) is 4.09. The van der Waals surface area contributed by atoms with E-state index in [1.54, 1.807) is 35.8 Å². The Balaban J connectivity index is 1.76. The van der Waals surface area contributed by atoms with E-state index in [4.69, 9.17) is 4.42 Å². The Hall–Kier alpha value is -2.48. The monoisotopic (exact) mass is 445 g/mol. The van der Waals surface area contributed by atoms with Crippen molar-refractivity contribution >= 4 is 34.6 Å². The molecule has 3 rings (SSSR count). The summed E-state index contributed by atoms with van der Waals surface area (Å²) in [7, 11) is 0. The van der Waals surface area contributed by atoms with Gasteiger partial charge in [0.1, 0.15) is 5.76 Å². The zero-order valence-corrected chi connectivity index (χ0v) is 15.5. The minimum Gasteiger partial charge on any atom is -0.451 e. The van der Waals surface area contributed by atoms with Crippen LogP contribution in [-0.2, 0) is 17.9 Å². The molecule has 0 radical (unpaired) electrons. The quantitative estimate of drug-likeness (QED) is 0.427. The minimum absolute atomic E-state index is 0.0907. The summed E-state index contributed by atoms with van der Waals surface area (Å²) >= 11 is 2.09. The highest BCUT2D eigenvalue weighted by molar-refractivity contribution is 14.1. The van der Waals surface area contributed by atoms with E-state index < -0.39 is 0 Å². The van der Waals surface area contributed by atoms with Crippen LogP contribution in [0.25, 0.3) is 6.08 Å². The van der Waals surface area contributed by atoms with Gasteiger partial charge in [-0.05, 0) is 70.1 Å². The topological polar surface area (TPSA) is 59.2 Å². The molecule has 3 heterocycles. The van der Waals surface area contributed by atoms with E-state index in [0.29, 0.717) is 18.8 Å². The number of hydrogen-bond donors (Lipinski definition) is 0. The van der Waals surface area contributed by atoms with Gasteiger partial charge in [-0.15, -0.1) is 0 Å². The fourth-order valence-corrected chi connectivity index (χ4v) is 2.74. The molecule has 5 nitrogen and oxygen atoms in total. The van der Waals surface area contributed by atoms with Gasteiger partial charge in [0.2, 0.25) is 5.91 Å². The molecular formula is C19H16IN3O2. The zero-order chi connectivity index (χ0) is 17.5. The number of carbonyl (C=O) groups excluding carboxylic acids is 1. The highest BCUT2D eigenvalue weighted by Gasteiger charge is 2.12. The van der Waals surface area contributed by atoms with Gasteiger partial charge < -0.3 is 9.32 Å². The average molecular weight is 445 g/mol. The number of nitrogens with zero attached hydrogens (tertiary/aromatic N) is 3. The van der Waals surface area contributed by atoms with Crippen molar-refractivity contribution in [3.05, 3.63) is 87.9 Å². The molecule has 3 aromatic rings. The number of aromatic nitrogens is 2. The van der Waals surface area contributed by atoms with Crippen molar-refractivity contribution in [3.8, 4) is 0 Å². The van der Waals surface area contributed by atoms with Crippen molar-refractivity contribution in [2.45, 2.75) is 13.1 Å². The molecule has 0 atom stereocenters. The number of halogens is 1. The second-order valence-corrected chi connectivity index (χ2v) is 6.45. The predicted molar refractivity (Wildman–Crippen MR) is 103 cm³/mol. The van der Waals surface area contributed by atoms with Crippen LogP contribution in [0.2, 0.25) is 0 Å². The predicted octanol–water partition coefficient (Wildman–Crippen LogP) is 3.92. The van der Waals surface area contributed by atoms with Crippen LogP contribution in [0.15, 0.2) is 71.7 Å². The number of pyridine rings is 2. The summed E-state index contributed by atoms with van der Waals surface area (Å²) in [5.74, 6) is 0.565. The third-order valence-electron chi connectivity index (χ3n) is 3.51. The Bertz CT molecular complexity index is 806. The normalized spacial score (nSPS) is 10.9. The van der Waals surface area contributed by atoms with Crippen molar-refractivity contribution in [1.82, 2.24) is 14.9 Å². The summed E-state index contributed by atoms with van der Waals surface area (Å²) in [5, 5.41) is 0. The molecule has 126 valence electrons. The van der Waals surface area contributed by atoms with Crippen molar-refractivity contribution in [2.24, 2.45) is 0 Å². The van der Waals surface area contributed by atoms with Crippen molar-refractivity contribution < 1.29 is 9.21 Å². The first-order valence-corrected chi connectivity index (χ1v) is 8.79. The van der Waals surface area contributed by atoms with Crippen molar-refractivity contribution in [1.29, 1.82) is 0 Å². The molecule has 0 bridgehead atoms. The molecule has 0 aliphatic heterocycles. The Morgan fingerprint density at radius 3 is 2.52 bits per heavy atom. The van der Waals surface area contributed by atoms with Gasteiger partial charge in [-0.3, -0.25) is 14.8 Å². The summed E-state index contributed by atoms with van der Waals surface area (Å²) in [5.41, 5.74) is 2.00. The fourth-order valence-electron chi connectivity index (χ4n) is 2.31. The van der Waals surface area contributed by atoms with Crippen molar-refractivity contribution in [3.63, 3.8) is 0 Å². The molecule has 0 saturated carbocycles. The Morgan fingerprint density at radius 1 is 1.04 bits per heavy atom. The van der Waals surface area contributed by atoms with Gasteiger partial charge in [0, 0.05) is 44.0 Å². The highest BCUT2D eigenvalue weighted by Crippen LogP contribution is 2.13. The van der Waals surface area contributed by atoms with E-state index in [1.807, 2.05) is 36.4 Å². The second kappa shape index (κ2) is 8.57. The van der Waals surface area contributed by atoms with Crippen LogP contribution in [0.3, 0.4) is 0 Å². The maximum absolute atomic E-state index is 12.7. The van der Waals surface area contributed by atoms with Crippen LogP contribution >= 0.6 is 22.6 Å². The first kappa shape index (κ1) is 17.3. The van der Waals surface area contributed by atoms with Gasteiger partial charge in [0.25, 0.3) is 0 Å². The smallest absolute Gasteiger partial charge is 0.247 e. The highest BCUT2D eigenvalue weighted by atomic mass is 127. The van der Waals surface area contributed by atoms with Crippen LogP contribution in [-0.4, -0.2) is 20.8 Å². The van der Waals surface area contributed by atoms with Gasteiger partial charge in [-0.2, -0.15) is 0 Å². The molecule has 0 N–H and O–H groups in total. The van der Waals surface area contributed by atoms with E-state index in [-0.39, 0.29) is 5.91 Å². The fraction of sp³-hybridized carbons (Fsp3) is 0.105. The third kappa shape index (κ3) is 5.25. The van der Waals surface area contributed by atoms with E-state index in [9.17, 15) is 4.79 Å². The number of amides is 1. The first-order valence-electron chi connectivity index (χ1n) is 7.71. The van der Waals surface area contributed by atoms with Gasteiger partial charge in [0.15, 0.2) is 3.77 Å². The van der Waals surface area contributed by atoms with Crippen LogP contribution in [0, 0.1) is 3.77 Å². The molecule has 1 amide bonds. The lowest BCUT2D eigenvalue weighted by Gasteiger charge is -2.21. The molecule has 25 heavy (non-hydrogen) atoms. The largest absolute Gasteiger partial charge is 0.451 e. The molecule has 0 aliphatic rings. The summed E-state index contributed by atoms with van der Waals surface area (Å²) in [6, 6.07) is 11.3. The van der Waals surface area contributed by atoms with E-state index in [1.165, 1.54) is 6.08 Å². The number of hydrogen-bond acceptors (Lipinski definition) is 4. The lowest BCUT2D eigenvalue weighted by atomic mass is 10.2. The van der Waals surface area contributed by atoms with Crippen LogP contribution in [0.1, 0.15) is 16.9 Å². The number of carbonyl (C=O) groups is 1. The molecular weight excluding hydrogens is 429 g/mol. The van der Waals surface area contributed by atoms with E-state index >= 15 is 0 Å². The number of furan rings is 1. The van der Waals surface area contributed by atoms with E-state index in [0.717, 1.165) is 14.9 Å². The molecule has 6 heteroatoms. The molecule has 0 spiro atoms. The summed E-state index contributed by atoms with van der Waals surface area (Å²) < 4.78 is 6.25. The Kier molecular flexibility index (Phi) is 5.95. The van der Waals surface area contributed by atoms with Gasteiger partial charge in [-0.1, -0.05) is 6.07 Å². The molecule has 0 unspecified atom stereocenters. The lowest BCUT2D eigenvalue weighted by Crippen LogP contribution is -2.28. The average Bonchev–Trinajstić information content (AvgIpc) is 3.06. The SMILES string of the molecule is O=C(C=Cc1ccc(I)o1)N(Cc1ccncc1)Cc1cccnc1. The Morgan fingerprint density at radius 2 is 1.84 bits per heavy atom. The van der Waals surface area contributed by atoms with Crippen LogP contribution < -0.4 is 0 Å². The molecule has 0 aliphatic carbocycles. The Labute approximate surface area is 159 Å². The minimum atomic E-state index is -0.0907. The molecule has 0 aromatic carbocycles. The van der Waals surface area contributed by atoms with Gasteiger partial charge in [-0.25, -0.2) is 0 Å². The molecule has 3 aromatic heterocycles. The first-order chi connectivity index (χ1) is 12.2. The summed E-state index contributed by atoms with van der Waals surface area (Å²) in [6.07, 6.45) is 10.2. The number of rotatable bonds is 6. The van der Waals surface area contributed by atoms with E-state index in [2.05, 4.69) is 32.6 Å². The van der Waals surface area contributed by atoms with Gasteiger partial charge >= 0.3 is 0 Å². The lowest BCUT2D eigenvalue weighted by molar-refractivity contribution is -0.127. The second-order valence-electron chi connectivity index (χ2n) is 5.39. The van der Waals surface area contributed by atoms with Gasteiger partial charge in [0.05, 0.1) is 0 Å². The molecule has 0 saturated heterocycles. The summed E-state index contributed by atoms with van der Waals surface area (Å²) in [6.45, 7) is 0.977. The molecule has 0 fully saturated rings. The van der Waals surface area contributed by atoms with Crippen LogP contribution in [0.4, 0.5) is 0 Å². The summed E-state index contributed by atoms with van der Waals surface area (Å²) in [4.78, 5) is 22.6. The standard InChI is InChI=1S/C19H16IN3O2/c20-18-5-3-17(25-18)4-6-19(24)23(13-15-7-10-21-11-8-15)14-16-2-1-9-22-12-16/h1-12H,13-14H2. The van der Waals surface area contributed by atoms with Crippen molar-refractivity contribution in [2.75, 3.05) is 0 Å². The zero-order valence-electron chi connectivity index (χ0n) is 13.4. The maximum Gasteiger partial charge on any atom is 0.247 e.